The Morgan fingerprint density at radius 1 is 1.79 bits per heavy atom. The maximum absolute atomic E-state index is 10.6. The summed E-state index contributed by atoms with van der Waals surface area (Å²) in [6.07, 6.45) is 1.53. The molecule has 1 rings (SSSR count). The molecular weight excluding hydrogens is 184 g/mol. The molecule has 0 aromatic carbocycles. The Labute approximate surface area is 81.5 Å². The zero-order chi connectivity index (χ0) is 10.6. The average molecular weight is 196 g/mol. The number of carboxylic acids is 1. The monoisotopic (exact) mass is 196 g/mol. The molecule has 0 amide bonds. The molecule has 1 aromatic heterocycles. The Balaban J connectivity index is 3.00. The molecular formula is C9H12N2O3. The number of nitrogens with two attached hydrogens (primary N) is 1. The molecule has 0 aliphatic heterocycles. The number of rotatable bonds is 4. The Kier molecular flexibility index (Phi) is 3.41. The predicted molar refractivity (Wildman–Crippen MR) is 50.0 cm³/mol. The summed E-state index contributed by atoms with van der Waals surface area (Å²) in [5, 5.41) is 8.72. The third-order valence-electron chi connectivity index (χ3n) is 1.68. The van der Waals surface area contributed by atoms with E-state index in [2.05, 4.69) is 4.98 Å². The number of nitrogens with zero attached hydrogens (tertiary/aromatic N) is 1. The van der Waals surface area contributed by atoms with Crippen molar-refractivity contribution in [1.82, 2.24) is 4.98 Å². The van der Waals surface area contributed by atoms with Crippen molar-refractivity contribution in [2.24, 2.45) is 5.73 Å². The van der Waals surface area contributed by atoms with Crippen molar-refractivity contribution in [3.63, 3.8) is 0 Å². The number of hydrogen-bond acceptors (Lipinski definition) is 4. The van der Waals surface area contributed by atoms with Gasteiger partial charge in [-0.1, -0.05) is 0 Å². The fourth-order valence-corrected chi connectivity index (χ4v) is 1.03. The highest BCUT2D eigenvalue weighted by atomic mass is 16.5. The van der Waals surface area contributed by atoms with Gasteiger partial charge in [-0.15, -0.1) is 0 Å². The van der Waals surface area contributed by atoms with E-state index in [0.29, 0.717) is 12.2 Å². The van der Waals surface area contributed by atoms with Gasteiger partial charge in [-0.2, -0.15) is 0 Å². The van der Waals surface area contributed by atoms with Gasteiger partial charge in [-0.25, -0.2) is 4.98 Å². The first-order valence-electron chi connectivity index (χ1n) is 4.23. The molecule has 0 fully saturated rings. The lowest BCUT2D eigenvalue weighted by atomic mass is 10.1. The normalized spacial score (nSPS) is 12.1. The molecule has 0 saturated carbocycles. The number of carboxylic acid groups (broad SMARTS) is 1. The molecule has 0 radical (unpaired) electrons. The molecule has 3 N–H and O–H groups in total. The first-order valence-corrected chi connectivity index (χ1v) is 4.23. The number of ether oxygens (including phenoxy) is 1. The molecule has 76 valence electrons. The predicted octanol–water partition coefficient (Wildman–Crippen LogP) is 0.565. The summed E-state index contributed by atoms with van der Waals surface area (Å²) in [6.45, 7) is 2.22. The van der Waals surface area contributed by atoms with Crippen LogP contribution in [-0.2, 0) is 4.79 Å². The Bertz CT molecular complexity index is 328. The van der Waals surface area contributed by atoms with Gasteiger partial charge in [0.25, 0.3) is 0 Å². The van der Waals surface area contributed by atoms with Crippen LogP contribution in [0.3, 0.4) is 0 Å². The SMILES string of the molecule is CCOc1ncccc1C(N)C(=O)O. The number of aromatic nitrogens is 1. The first kappa shape index (κ1) is 10.5. The van der Waals surface area contributed by atoms with E-state index >= 15 is 0 Å². The molecule has 0 aliphatic carbocycles. The van der Waals surface area contributed by atoms with E-state index in [1.807, 2.05) is 0 Å². The van der Waals surface area contributed by atoms with Gasteiger partial charge in [0.15, 0.2) is 0 Å². The second-order valence-electron chi connectivity index (χ2n) is 2.65. The highest BCUT2D eigenvalue weighted by molar-refractivity contribution is 5.75. The Morgan fingerprint density at radius 3 is 3.07 bits per heavy atom. The van der Waals surface area contributed by atoms with Crippen LogP contribution in [0.15, 0.2) is 18.3 Å². The summed E-state index contributed by atoms with van der Waals surface area (Å²) < 4.78 is 5.15. The van der Waals surface area contributed by atoms with E-state index in [-0.39, 0.29) is 5.88 Å². The van der Waals surface area contributed by atoms with Crippen molar-refractivity contribution in [1.29, 1.82) is 0 Å². The Morgan fingerprint density at radius 2 is 2.50 bits per heavy atom. The molecule has 1 unspecified atom stereocenters. The number of pyridine rings is 1. The number of hydrogen-bond donors (Lipinski definition) is 2. The fraction of sp³-hybridized carbons (Fsp3) is 0.333. The van der Waals surface area contributed by atoms with Gasteiger partial charge in [-0.05, 0) is 19.1 Å². The van der Waals surface area contributed by atoms with Gasteiger partial charge < -0.3 is 15.6 Å². The summed E-state index contributed by atoms with van der Waals surface area (Å²) in [5.41, 5.74) is 5.84. The van der Waals surface area contributed by atoms with E-state index < -0.39 is 12.0 Å². The summed E-state index contributed by atoms with van der Waals surface area (Å²) in [6, 6.07) is 2.13. The Hall–Kier alpha value is -1.62. The second kappa shape index (κ2) is 4.57. The van der Waals surface area contributed by atoms with E-state index in [1.54, 1.807) is 19.1 Å². The van der Waals surface area contributed by atoms with Crippen molar-refractivity contribution in [2.45, 2.75) is 13.0 Å². The zero-order valence-corrected chi connectivity index (χ0v) is 7.80. The minimum absolute atomic E-state index is 0.282. The summed E-state index contributed by atoms with van der Waals surface area (Å²) in [5.74, 6) is -0.816. The maximum Gasteiger partial charge on any atom is 0.325 e. The minimum atomic E-state index is -1.10. The summed E-state index contributed by atoms with van der Waals surface area (Å²) in [7, 11) is 0. The molecule has 0 saturated heterocycles. The third kappa shape index (κ3) is 2.20. The van der Waals surface area contributed by atoms with E-state index in [9.17, 15) is 4.79 Å². The lowest BCUT2D eigenvalue weighted by Gasteiger charge is -2.11. The molecule has 14 heavy (non-hydrogen) atoms. The summed E-state index contributed by atoms with van der Waals surface area (Å²) in [4.78, 5) is 14.6. The van der Waals surface area contributed by atoms with Gasteiger partial charge in [0.2, 0.25) is 5.88 Å². The van der Waals surface area contributed by atoms with Crippen molar-refractivity contribution in [3.05, 3.63) is 23.9 Å². The van der Waals surface area contributed by atoms with Crippen LogP contribution >= 0.6 is 0 Å². The van der Waals surface area contributed by atoms with Gasteiger partial charge >= 0.3 is 5.97 Å². The number of aliphatic carboxylic acids is 1. The fourth-order valence-electron chi connectivity index (χ4n) is 1.03. The van der Waals surface area contributed by atoms with Crippen molar-refractivity contribution >= 4 is 5.97 Å². The molecule has 1 heterocycles. The molecule has 5 nitrogen and oxygen atoms in total. The van der Waals surface area contributed by atoms with E-state index in [1.165, 1.54) is 6.20 Å². The smallest absolute Gasteiger partial charge is 0.325 e. The van der Waals surface area contributed by atoms with Gasteiger partial charge in [0.1, 0.15) is 6.04 Å². The molecule has 1 aromatic rings. The molecule has 1 atom stereocenters. The van der Waals surface area contributed by atoms with Crippen molar-refractivity contribution in [3.8, 4) is 5.88 Å². The van der Waals surface area contributed by atoms with Gasteiger partial charge in [0.05, 0.1) is 6.61 Å². The van der Waals surface area contributed by atoms with Gasteiger partial charge in [0, 0.05) is 11.8 Å². The third-order valence-corrected chi connectivity index (χ3v) is 1.68. The lowest BCUT2D eigenvalue weighted by molar-refractivity contribution is -0.138. The van der Waals surface area contributed by atoms with Crippen LogP contribution in [-0.4, -0.2) is 22.7 Å². The van der Waals surface area contributed by atoms with Crippen LogP contribution in [0.25, 0.3) is 0 Å². The van der Waals surface area contributed by atoms with Crippen LogP contribution in [0, 0.1) is 0 Å². The van der Waals surface area contributed by atoms with E-state index in [0.717, 1.165) is 0 Å². The largest absolute Gasteiger partial charge is 0.480 e. The van der Waals surface area contributed by atoms with Crippen LogP contribution in [0.1, 0.15) is 18.5 Å². The van der Waals surface area contributed by atoms with Crippen molar-refractivity contribution in [2.75, 3.05) is 6.61 Å². The molecule has 5 heteroatoms. The minimum Gasteiger partial charge on any atom is -0.480 e. The topological polar surface area (TPSA) is 85.4 Å². The highest BCUT2D eigenvalue weighted by Gasteiger charge is 2.19. The van der Waals surface area contributed by atoms with E-state index in [4.69, 9.17) is 15.6 Å². The summed E-state index contributed by atoms with van der Waals surface area (Å²) >= 11 is 0. The first-order chi connectivity index (χ1) is 6.66. The zero-order valence-electron chi connectivity index (χ0n) is 7.80. The quantitative estimate of drug-likeness (QED) is 0.735. The second-order valence-corrected chi connectivity index (χ2v) is 2.65. The average Bonchev–Trinajstić information content (AvgIpc) is 2.18. The number of carbonyl (C=O) groups is 1. The molecule has 0 bridgehead atoms. The van der Waals surface area contributed by atoms with Crippen molar-refractivity contribution < 1.29 is 14.6 Å². The van der Waals surface area contributed by atoms with Crippen LogP contribution < -0.4 is 10.5 Å². The molecule has 0 spiro atoms. The van der Waals surface area contributed by atoms with Gasteiger partial charge in [-0.3, -0.25) is 4.79 Å². The lowest BCUT2D eigenvalue weighted by Crippen LogP contribution is -2.21. The molecule has 0 aliphatic rings. The maximum atomic E-state index is 10.6. The van der Waals surface area contributed by atoms with Crippen LogP contribution in [0.4, 0.5) is 0 Å². The van der Waals surface area contributed by atoms with Crippen LogP contribution in [0.2, 0.25) is 0 Å². The highest BCUT2D eigenvalue weighted by Crippen LogP contribution is 2.20. The standard InChI is InChI=1S/C9H12N2O3/c1-2-14-8-6(4-3-5-11-8)7(10)9(12)13/h3-5,7H,2,10H2,1H3,(H,12,13). The van der Waals surface area contributed by atoms with Crippen LogP contribution in [0.5, 0.6) is 5.88 Å².